The Balaban J connectivity index is 1.97. The molecule has 1 amide bonds. The van der Waals surface area contributed by atoms with E-state index >= 15 is 0 Å². The number of anilines is 1. The predicted octanol–water partition coefficient (Wildman–Crippen LogP) is 1.80. The van der Waals surface area contributed by atoms with Crippen molar-refractivity contribution in [3.8, 4) is 5.75 Å². The minimum absolute atomic E-state index is 0.132. The molecule has 2 rings (SSSR count). The smallest absolute Gasteiger partial charge is 0.219 e. The van der Waals surface area contributed by atoms with Crippen LogP contribution in [0.1, 0.15) is 19.8 Å². The van der Waals surface area contributed by atoms with Gasteiger partial charge < -0.3 is 15.0 Å². The van der Waals surface area contributed by atoms with Crippen molar-refractivity contribution < 1.29 is 9.53 Å². The summed E-state index contributed by atoms with van der Waals surface area (Å²) in [5, 5.41) is 3.05. The van der Waals surface area contributed by atoms with E-state index in [-0.39, 0.29) is 11.9 Å². The van der Waals surface area contributed by atoms with Crippen LogP contribution in [0.5, 0.6) is 5.75 Å². The molecule has 1 saturated heterocycles. The Bertz CT molecular complexity index is 420. The minimum atomic E-state index is 0.132. The van der Waals surface area contributed by atoms with Crippen LogP contribution in [-0.2, 0) is 4.79 Å². The van der Waals surface area contributed by atoms with Crippen LogP contribution in [0.15, 0.2) is 24.3 Å². The van der Waals surface area contributed by atoms with Crippen molar-refractivity contribution in [2.24, 2.45) is 0 Å². The van der Waals surface area contributed by atoms with Crippen LogP contribution in [0, 0.1) is 0 Å². The molecule has 1 aliphatic heterocycles. The first kappa shape index (κ1) is 12.7. The first-order valence-corrected chi connectivity index (χ1v) is 6.41. The Hall–Kier alpha value is -1.71. The van der Waals surface area contributed by atoms with E-state index < -0.39 is 0 Å². The summed E-state index contributed by atoms with van der Waals surface area (Å²) in [6, 6.07) is 8.31. The first-order valence-electron chi connectivity index (χ1n) is 6.41. The van der Waals surface area contributed by atoms with Crippen LogP contribution < -0.4 is 15.0 Å². The van der Waals surface area contributed by atoms with Crippen molar-refractivity contribution in [2.45, 2.75) is 25.8 Å². The van der Waals surface area contributed by atoms with Gasteiger partial charge in [0, 0.05) is 37.3 Å². The number of carbonyl (C=O) groups excluding carboxylic acids is 1. The fourth-order valence-corrected chi connectivity index (χ4v) is 2.25. The number of methoxy groups -OCH3 is 1. The van der Waals surface area contributed by atoms with Crippen LogP contribution in [0.4, 0.5) is 5.69 Å². The number of benzene rings is 1. The van der Waals surface area contributed by atoms with Crippen LogP contribution in [0.25, 0.3) is 0 Å². The first-order chi connectivity index (χ1) is 8.72. The van der Waals surface area contributed by atoms with Crippen molar-refractivity contribution in [3.63, 3.8) is 0 Å². The lowest BCUT2D eigenvalue weighted by Gasteiger charge is -2.19. The topological polar surface area (TPSA) is 41.6 Å². The molecule has 0 aliphatic carbocycles. The number of carbonyl (C=O) groups is 1. The Labute approximate surface area is 108 Å². The van der Waals surface area contributed by atoms with E-state index in [1.54, 1.807) is 7.11 Å². The van der Waals surface area contributed by atoms with Gasteiger partial charge in [-0.15, -0.1) is 0 Å². The standard InChI is InChI=1S/C14H20N2O2/c1-3-14(17)15-11-7-8-16(10-11)12-5-4-6-13(9-12)18-2/h4-6,9,11H,3,7-8,10H2,1-2H3,(H,15,17). The number of amides is 1. The van der Waals surface area contributed by atoms with Gasteiger partial charge in [0.2, 0.25) is 5.91 Å². The third kappa shape index (κ3) is 2.94. The molecule has 4 heteroatoms. The van der Waals surface area contributed by atoms with Gasteiger partial charge in [0.25, 0.3) is 0 Å². The Morgan fingerprint density at radius 3 is 3.11 bits per heavy atom. The lowest BCUT2D eigenvalue weighted by atomic mass is 10.2. The number of rotatable bonds is 4. The fraction of sp³-hybridized carbons (Fsp3) is 0.500. The second-order valence-electron chi connectivity index (χ2n) is 4.55. The molecular formula is C14H20N2O2. The number of hydrogen-bond donors (Lipinski definition) is 1. The summed E-state index contributed by atoms with van der Waals surface area (Å²) in [6.45, 7) is 3.73. The van der Waals surface area contributed by atoms with Crippen molar-refractivity contribution >= 4 is 11.6 Å². The molecule has 1 aromatic carbocycles. The lowest BCUT2D eigenvalue weighted by Crippen LogP contribution is -2.36. The van der Waals surface area contributed by atoms with Crippen molar-refractivity contribution in [1.29, 1.82) is 0 Å². The monoisotopic (exact) mass is 248 g/mol. The van der Waals surface area contributed by atoms with E-state index in [0.29, 0.717) is 6.42 Å². The zero-order valence-corrected chi connectivity index (χ0v) is 11.0. The molecule has 1 unspecified atom stereocenters. The van der Waals surface area contributed by atoms with E-state index in [1.165, 1.54) is 0 Å². The van der Waals surface area contributed by atoms with Crippen LogP contribution in [-0.4, -0.2) is 32.1 Å². The summed E-state index contributed by atoms with van der Waals surface area (Å²) < 4.78 is 5.23. The molecule has 0 spiro atoms. The quantitative estimate of drug-likeness (QED) is 0.883. The van der Waals surface area contributed by atoms with Gasteiger partial charge in [-0.25, -0.2) is 0 Å². The summed E-state index contributed by atoms with van der Waals surface area (Å²) in [6.07, 6.45) is 1.55. The van der Waals surface area contributed by atoms with E-state index in [1.807, 2.05) is 25.1 Å². The normalized spacial score (nSPS) is 18.8. The fourth-order valence-electron chi connectivity index (χ4n) is 2.25. The van der Waals surface area contributed by atoms with E-state index in [4.69, 9.17) is 4.74 Å². The summed E-state index contributed by atoms with van der Waals surface area (Å²) in [4.78, 5) is 13.6. The number of hydrogen-bond acceptors (Lipinski definition) is 3. The summed E-state index contributed by atoms with van der Waals surface area (Å²) in [5.41, 5.74) is 1.16. The molecule has 1 heterocycles. The summed E-state index contributed by atoms with van der Waals surface area (Å²) in [5.74, 6) is 1.00. The number of nitrogens with zero attached hydrogens (tertiary/aromatic N) is 1. The third-order valence-electron chi connectivity index (χ3n) is 3.29. The SMILES string of the molecule is CCC(=O)NC1CCN(c2cccc(OC)c2)C1. The third-order valence-corrected chi connectivity index (χ3v) is 3.29. The maximum absolute atomic E-state index is 11.4. The van der Waals surface area contributed by atoms with Crippen molar-refractivity contribution in [1.82, 2.24) is 5.32 Å². The zero-order chi connectivity index (χ0) is 13.0. The van der Waals surface area contributed by atoms with Gasteiger partial charge in [-0.05, 0) is 18.6 Å². The maximum Gasteiger partial charge on any atom is 0.219 e. The molecule has 4 nitrogen and oxygen atoms in total. The number of nitrogens with one attached hydrogen (secondary N) is 1. The average Bonchev–Trinajstić information content (AvgIpc) is 2.87. The van der Waals surface area contributed by atoms with Crippen LogP contribution in [0.2, 0.25) is 0 Å². The second-order valence-corrected chi connectivity index (χ2v) is 4.55. The van der Waals surface area contributed by atoms with Crippen molar-refractivity contribution in [3.05, 3.63) is 24.3 Å². The molecule has 0 saturated carbocycles. The van der Waals surface area contributed by atoms with E-state index in [9.17, 15) is 4.79 Å². The summed E-state index contributed by atoms with van der Waals surface area (Å²) in [7, 11) is 1.67. The molecule has 0 radical (unpaired) electrons. The molecular weight excluding hydrogens is 228 g/mol. The van der Waals surface area contributed by atoms with Crippen molar-refractivity contribution in [2.75, 3.05) is 25.1 Å². The van der Waals surface area contributed by atoms with Gasteiger partial charge in [0.05, 0.1) is 7.11 Å². The lowest BCUT2D eigenvalue weighted by molar-refractivity contribution is -0.121. The molecule has 1 fully saturated rings. The van der Waals surface area contributed by atoms with E-state index in [2.05, 4.69) is 16.3 Å². The molecule has 1 aromatic rings. The zero-order valence-electron chi connectivity index (χ0n) is 11.0. The van der Waals surface area contributed by atoms with Crippen LogP contribution >= 0.6 is 0 Å². The molecule has 98 valence electrons. The molecule has 1 N–H and O–H groups in total. The average molecular weight is 248 g/mol. The van der Waals surface area contributed by atoms with Crippen LogP contribution in [0.3, 0.4) is 0 Å². The molecule has 18 heavy (non-hydrogen) atoms. The van der Waals surface area contributed by atoms with Gasteiger partial charge in [-0.3, -0.25) is 4.79 Å². The van der Waals surface area contributed by atoms with Gasteiger partial charge in [0.15, 0.2) is 0 Å². The molecule has 1 aliphatic rings. The van der Waals surface area contributed by atoms with Gasteiger partial charge in [-0.1, -0.05) is 13.0 Å². The number of ether oxygens (including phenoxy) is 1. The molecule has 1 atom stereocenters. The molecule has 0 aromatic heterocycles. The van der Waals surface area contributed by atoms with Gasteiger partial charge >= 0.3 is 0 Å². The summed E-state index contributed by atoms with van der Waals surface area (Å²) >= 11 is 0. The highest BCUT2D eigenvalue weighted by atomic mass is 16.5. The minimum Gasteiger partial charge on any atom is -0.497 e. The second kappa shape index (κ2) is 5.76. The highest BCUT2D eigenvalue weighted by molar-refractivity contribution is 5.76. The maximum atomic E-state index is 11.4. The van der Waals surface area contributed by atoms with Gasteiger partial charge in [-0.2, -0.15) is 0 Å². The Kier molecular flexibility index (Phi) is 4.07. The Morgan fingerprint density at radius 1 is 1.56 bits per heavy atom. The highest BCUT2D eigenvalue weighted by Crippen LogP contribution is 2.24. The highest BCUT2D eigenvalue weighted by Gasteiger charge is 2.23. The molecule has 0 bridgehead atoms. The Morgan fingerprint density at radius 2 is 2.39 bits per heavy atom. The largest absolute Gasteiger partial charge is 0.497 e. The predicted molar refractivity (Wildman–Crippen MR) is 72.0 cm³/mol. The van der Waals surface area contributed by atoms with E-state index in [0.717, 1.165) is 30.9 Å². The van der Waals surface area contributed by atoms with Gasteiger partial charge in [0.1, 0.15) is 5.75 Å².